The van der Waals surface area contributed by atoms with Crippen molar-refractivity contribution < 1.29 is 27.9 Å². The molecule has 0 heterocycles. The maximum absolute atomic E-state index is 12.2. The fourth-order valence-electron chi connectivity index (χ4n) is 1.46. The van der Waals surface area contributed by atoms with Crippen LogP contribution in [0.1, 0.15) is 24.2 Å². The Hall–Kier alpha value is -1.35. The van der Waals surface area contributed by atoms with Crippen LogP contribution in [0.25, 0.3) is 0 Å². The van der Waals surface area contributed by atoms with Crippen LogP contribution in [-0.4, -0.2) is 33.2 Å². The molecule has 7 nitrogen and oxygen atoms in total. The smallest absolute Gasteiger partial charge is 0.339 e. The highest BCUT2D eigenvalue weighted by Gasteiger charge is 2.26. The summed E-state index contributed by atoms with van der Waals surface area (Å²) in [7, 11) is -2.95. The van der Waals surface area contributed by atoms with Gasteiger partial charge in [-0.15, -0.1) is 0 Å². The van der Waals surface area contributed by atoms with Crippen molar-refractivity contribution in [1.29, 1.82) is 0 Å². The Morgan fingerprint density at radius 2 is 2.05 bits per heavy atom. The molecule has 0 spiro atoms. The first-order chi connectivity index (χ1) is 9.69. The summed E-state index contributed by atoms with van der Waals surface area (Å²) in [6, 6.07) is 2.20. The van der Waals surface area contributed by atoms with Gasteiger partial charge in [0, 0.05) is 5.02 Å². The summed E-state index contributed by atoms with van der Waals surface area (Å²) in [6.07, 6.45) is 0. The fourth-order valence-corrected chi connectivity index (χ4v) is 2.78. The summed E-state index contributed by atoms with van der Waals surface area (Å²) in [4.78, 5) is 17.5. The van der Waals surface area contributed by atoms with E-state index >= 15 is 0 Å². The molecule has 2 N–H and O–H groups in total. The second-order valence-electron chi connectivity index (χ2n) is 4.58. The largest absolute Gasteiger partial charge is 0.494 e. The second kappa shape index (κ2) is 7.08. The Morgan fingerprint density at radius 3 is 2.52 bits per heavy atom. The van der Waals surface area contributed by atoms with Crippen LogP contribution in [0.2, 0.25) is 5.02 Å². The summed E-state index contributed by atoms with van der Waals surface area (Å²) < 4.78 is 29.2. The van der Waals surface area contributed by atoms with E-state index in [1.807, 2.05) is 18.7 Å². The van der Waals surface area contributed by atoms with Gasteiger partial charge in [-0.3, -0.25) is 4.84 Å². The Labute approximate surface area is 127 Å². The van der Waals surface area contributed by atoms with E-state index in [0.29, 0.717) is 0 Å². The van der Waals surface area contributed by atoms with E-state index < -0.39 is 20.9 Å². The molecule has 1 rings (SSSR count). The van der Waals surface area contributed by atoms with Crippen LogP contribution in [0, 0.1) is 5.92 Å². The third kappa shape index (κ3) is 4.57. The molecule has 0 aliphatic rings. The number of halogens is 1. The molecular formula is C12H16ClNO6S. The molecule has 118 valence electrons. The molecule has 0 amide bonds. The lowest BCUT2D eigenvalue weighted by atomic mass is 10.2. The first-order valence-corrected chi connectivity index (χ1v) is 7.79. The minimum atomic E-state index is -4.12. The maximum Gasteiger partial charge on any atom is 0.339 e. The number of ether oxygens (including phenoxy) is 1. The van der Waals surface area contributed by atoms with E-state index in [0.717, 1.165) is 12.1 Å². The van der Waals surface area contributed by atoms with Crippen molar-refractivity contribution >= 4 is 27.6 Å². The first-order valence-electron chi connectivity index (χ1n) is 5.93. The van der Waals surface area contributed by atoms with Gasteiger partial charge in [-0.1, -0.05) is 30.3 Å². The van der Waals surface area contributed by atoms with Gasteiger partial charge in [-0.05, 0) is 18.1 Å². The summed E-state index contributed by atoms with van der Waals surface area (Å²) in [5, 5.41) is 9.03. The number of carboxylic acids is 1. The maximum atomic E-state index is 12.2. The predicted molar refractivity (Wildman–Crippen MR) is 76.1 cm³/mol. The Morgan fingerprint density at radius 1 is 1.43 bits per heavy atom. The number of hydrogen-bond donors (Lipinski definition) is 2. The molecule has 0 radical (unpaired) electrons. The molecule has 0 saturated carbocycles. The zero-order chi connectivity index (χ0) is 16.2. The van der Waals surface area contributed by atoms with Gasteiger partial charge in [0.2, 0.25) is 0 Å². The van der Waals surface area contributed by atoms with Crippen LogP contribution < -0.4 is 9.62 Å². The van der Waals surface area contributed by atoms with Gasteiger partial charge >= 0.3 is 5.97 Å². The zero-order valence-electron chi connectivity index (χ0n) is 11.7. The van der Waals surface area contributed by atoms with Gasteiger partial charge < -0.3 is 9.84 Å². The lowest BCUT2D eigenvalue weighted by molar-refractivity contribution is 0.0691. The van der Waals surface area contributed by atoms with Crippen molar-refractivity contribution in [3.63, 3.8) is 0 Å². The van der Waals surface area contributed by atoms with Gasteiger partial charge in [-0.2, -0.15) is 0 Å². The molecule has 0 bridgehead atoms. The van der Waals surface area contributed by atoms with Crippen molar-refractivity contribution in [3.8, 4) is 5.75 Å². The lowest BCUT2D eigenvalue weighted by Gasteiger charge is -2.14. The molecule has 0 aromatic heterocycles. The molecule has 1 aromatic carbocycles. The van der Waals surface area contributed by atoms with Gasteiger partial charge in [0.05, 0.1) is 13.7 Å². The van der Waals surface area contributed by atoms with Crippen molar-refractivity contribution in [3.05, 3.63) is 22.7 Å². The summed E-state index contributed by atoms with van der Waals surface area (Å²) in [6.45, 7) is 3.85. The highest BCUT2D eigenvalue weighted by Crippen LogP contribution is 2.31. The molecule has 0 unspecified atom stereocenters. The van der Waals surface area contributed by atoms with Gasteiger partial charge in [0.25, 0.3) is 10.0 Å². The number of carboxylic acid groups (broad SMARTS) is 1. The van der Waals surface area contributed by atoms with Crippen LogP contribution in [0.5, 0.6) is 5.75 Å². The summed E-state index contributed by atoms with van der Waals surface area (Å²) >= 11 is 5.76. The van der Waals surface area contributed by atoms with Crippen LogP contribution in [0.4, 0.5) is 0 Å². The van der Waals surface area contributed by atoms with Crippen LogP contribution in [0.3, 0.4) is 0 Å². The van der Waals surface area contributed by atoms with Crippen LogP contribution in [-0.2, 0) is 14.9 Å². The van der Waals surface area contributed by atoms with E-state index in [9.17, 15) is 13.2 Å². The predicted octanol–water partition coefficient (Wildman–Crippen LogP) is 1.91. The number of aromatic carboxylic acids is 1. The number of rotatable bonds is 7. The molecule has 0 aliphatic carbocycles. The number of carbonyl (C=O) groups is 1. The normalized spacial score (nSPS) is 11.7. The van der Waals surface area contributed by atoms with E-state index in [-0.39, 0.29) is 28.9 Å². The van der Waals surface area contributed by atoms with Crippen molar-refractivity contribution in [2.45, 2.75) is 18.7 Å². The molecule has 1 aromatic rings. The molecule has 0 fully saturated rings. The Balaban J connectivity index is 3.25. The lowest BCUT2D eigenvalue weighted by Crippen LogP contribution is -2.26. The number of hydrogen-bond acceptors (Lipinski definition) is 5. The highest BCUT2D eigenvalue weighted by atomic mass is 35.5. The third-order valence-electron chi connectivity index (χ3n) is 2.33. The molecule has 0 saturated heterocycles. The van der Waals surface area contributed by atoms with Gasteiger partial charge in [0.15, 0.2) is 5.75 Å². The third-order valence-corrected chi connectivity index (χ3v) is 3.77. The monoisotopic (exact) mass is 337 g/mol. The van der Waals surface area contributed by atoms with E-state index in [1.54, 1.807) is 0 Å². The second-order valence-corrected chi connectivity index (χ2v) is 6.63. The number of sulfonamides is 1. The molecule has 21 heavy (non-hydrogen) atoms. The topological polar surface area (TPSA) is 102 Å². The Kier molecular flexibility index (Phi) is 5.97. The molecule has 0 atom stereocenters. The van der Waals surface area contributed by atoms with Crippen LogP contribution in [0.15, 0.2) is 17.0 Å². The highest BCUT2D eigenvalue weighted by molar-refractivity contribution is 7.89. The average molecular weight is 338 g/mol. The van der Waals surface area contributed by atoms with Crippen LogP contribution >= 0.6 is 11.6 Å². The quantitative estimate of drug-likeness (QED) is 0.737. The van der Waals surface area contributed by atoms with Crippen molar-refractivity contribution in [2.75, 3.05) is 13.7 Å². The van der Waals surface area contributed by atoms with Crippen molar-refractivity contribution in [1.82, 2.24) is 4.89 Å². The molecule has 9 heteroatoms. The standard InChI is InChI=1S/C12H16ClNO6S/c1-7(2)6-20-14-21(17,18)10-5-8(13)4-9(12(15)16)11(10)19-3/h4-5,7,14H,6H2,1-3H3,(H,15,16). The molecule has 0 aliphatic heterocycles. The summed E-state index contributed by atoms with van der Waals surface area (Å²) in [5.41, 5.74) is -0.353. The van der Waals surface area contributed by atoms with E-state index in [2.05, 4.69) is 0 Å². The van der Waals surface area contributed by atoms with Gasteiger partial charge in [-0.25, -0.2) is 13.2 Å². The molecular weight excluding hydrogens is 322 g/mol. The summed E-state index contributed by atoms with van der Waals surface area (Å²) in [5.74, 6) is -1.55. The first kappa shape index (κ1) is 17.7. The minimum absolute atomic E-state index is 0.0440. The number of benzene rings is 1. The average Bonchev–Trinajstić information content (AvgIpc) is 2.36. The zero-order valence-corrected chi connectivity index (χ0v) is 13.3. The minimum Gasteiger partial charge on any atom is -0.494 e. The Bertz CT molecular complexity index is 629. The van der Waals surface area contributed by atoms with Gasteiger partial charge in [0.1, 0.15) is 10.5 Å². The SMILES string of the molecule is COc1c(C(=O)O)cc(Cl)cc1S(=O)(=O)NOCC(C)C. The van der Waals surface area contributed by atoms with E-state index in [1.165, 1.54) is 7.11 Å². The van der Waals surface area contributed by atoms with E-state index in [4.69, 9.17) is 26.3 Å². The number of nitrogens with one attached hydrogen (secondary N) is 1. The fraction of sp³-hybridized carbons (Fsp3) is 0.417. The number of methoxy groups -OCH3 is 1. The van der Waals surface area contributed by atoms with Crippen molar-refractivity contribution in [2.24, 2.45) is 5.92 Å².